The molecule has 1 atom stereocenters. The molecule has 1 fully saturated rings. The first-order chi connectivity index (χ1) is 9.46. The first-order valence-electron chi connectivity index (χ1n) is 6.03. The lowest BCUT2D eigenvalue weighted by Crippen LogP contribution is -2.55. The maximum absolute atomic E-state index is 12.6. The number of sulfonamides is 1. The van der Waals surface area contributed by atoms with E-state index >= 15 is 0 Å². The zero-order valence-electron chi connectivity index (χ0n) is 10.9. The molecular formula is C12H15BrN2O4S. The Bertz CT molecular complexity index is 588. The summed E-state index contributed by atoms with van der Waals surface area (Å²) in [6.07, 6.45) is 0. The zero-order valence-corrected chi connectivity index (χ0v) is 13.3. The van der Waals surface area contributed by atoms with Crippen molar-refractivity contribution < 1.29 is 17.9 Å². The average Bonchev–Trinajstić information content (AvgIpc) is 2.47. The highest BCUT2D eigenvalue weighted by molar-refractivity contribution is 9.10. The van der Waals surface area contributed by atoms with E-state index in [1.54, 1.807) is 12.1 Å². The maximum Gasteiger partial charge on any atom is 0.243 e. The maximum atomic E-state index is 12.6. The van der Waals surface area contributed by atoms with E-state index in [4.69, 9.17) is 4.74 Å². The van der Waals surface area contributed by atoms with Gasteiger partial charge in [-0.2, -0.15) is 4.31 Å². The van der Waals surface area contributed by atoms with Crippen LogP contribution in [0.25, 0.3) is 0 Å². The predicted molar refractivity (Wildman–Crippen MR) is 76.7 cm³/mol. The summed E-state index contributed by atoms with van der Waals surface area (Å²) in [6.45, 7) is 0.509. The van der Waals surface area contributed by atoms with Gasteiger partial charge in [0.25, 0.3) is 0 Å². The first kappa shape index (κ1) is 15.4. The summed E-state index contributed by atoms with van der Waals surface area (Å²) in [5.41, 5.74) is 0. The molecule has 1 unspecified atom stereocenters. The fourth-order valence-electron chi connectivity index (χ4n) is 1.99. The Labute approximate surface area is 126 Å². The van der Waals surface area contributed by atoms with E-state index in [2.05, 4.69) is 21.2 Å². The molecular weight excluding hydrogens is 348 g/mol. The van der Waals surface area contributed by atoms with Crippen molar-refractivity contribution in [2.45, 2.75) is 10.9 Å². The second-order valence-corrected chi connectivity index (χ2v) is 7.08. The SMILES string of the molecule is CNC(=O)C1COCCN1S(=O)(=O)c1ccc(Br)cc1. The summed E-state index contributed by atoms with van der Waals surface area (Å²) >= 11 is 3.26. The molecule has 20 heavy (non-hydrogen) atoms. The zero-order chi connectivity index (χ0) is 14.8. The Morgan fingerprint density at radius 2 is 2.05 bits per heavy atom. The van der Waals surface area contributed by atoms with Gasteiger partial charge in [0.15, 0.2) is 0 Å². The summed E-state index contributed by atoms with van der Waals surface area (Å²) in [5, 5.41) is 2.46. The van der Waals surface area contributed by atoms with E-state index in [0.29, 0.717) is 0 Å². The van der Waals surface area contributed by atoms with Crippen LogP contribution in [-0.4, -0.2) is 51.5 Å². The minimum Gasteiger partial charge on any atom is -0.378 e. The standard InChI is InChI=1S/C12H15BrN2O4S/c1-14-12(16)11-8-19-7-6-15(11)20(17,18)10-4-2-9(13)3-5-10/h2-5,11H,6-8H2,1H3,(H,14,16). The molecule has 1 aromatic rings. The van der Waals surface area contributed by atoms with E-state index in [0.717, 1.165) is 4.47 Å². The van der Waals surface area contributed by atoms with Crippen molar-refractivity contribution >= 4 is 31.9 Å². The Morgan fingerprint density at radius 3 is 2.65 bits per heavy atom. The van der Waals surface area contributed by atoms with E-state index in [-0.39, 0.29) is 30.6 Å². The number of hydrogen-bond acceptors (Lipinski definition) is 4. The monoisotopic (exact) mass is 362 g/mol. The molecule has 1 amide bonds. The van der Waals surface area contributed by atoms with E-state index < -0.39 is 16.1 Å². The molecule has 0 radical (unpaired) electrons. The number of carbonyl (C=O) groups is 1. The first-order valence-corrected chi connectivity index (χ1v) is 8.27. The number of rotatable bonds is 3. The van der Waals surface area contributed by atoms with Crippen molar-refractivity contribution in [3.05, 3.63) is 28.7 Å². The normalized spacial score (nSPS) is 20.6. The van der Waals surface area contributed by atoms with Crippen LogP contribution in [0.5, 0.6) is 0 Å². The molecule has 0 spiro atoms. The molecule has 0 saturated carbocycles. The van der Waals surface area contributed by atoms with Crippen LogP contribution in [0, 0.1) is 0 Å². The van der Waals surface area contributed by atoms with Gasteiger partial charge in [0.1, 0.15) is 6.04 Å². The van der Waals surface area contributed by atoms with E-state index in [9.17, 15) is 13.2 Å². The van der Waals surface area contributed by atoms with E-state index in [1.807, 2.05) is 0 Å². The van der Waals surface area contributed by atoms with Crippen LogP contribution in [0.3, 0.4) is 0 Å². The third-order valence-electron chi connectivity index (χ3n) is 3.05. The van der Waals surface area contributed by atoms with Crippen molar-refractivity contribution in [2.75, 3.05) is 26.8 Å². The fourth-order valence-corrected chi connectivity index (χ4v) is 3.81. The van der Waals surface area contributed by atoms with Gasteiger partial charge in [0.2, 0.25) is 15.9 Å². The topological polar surface area (TPSA) is 75.7 Å². The van der Waals surface area contributed by atoms with Crippen LogP contribution in [0.1, 0.15) is 0 Å². The summed E-state index contributed by atoms with van der Waals surface area (Å²) < 4.78 is 32.4. The van der Waals surface area contributed by atoms with Crippen LogP contribution in [0.4, 0.5) is 0 Å². The fraction of sp³-hybridized carbons (Fsp3) is 0.417. The Morgan fingerprint density at radius 1 is 1.40 bits per heavy atom. The highest BCUT2D eigenvalue weighted by Crippen LogP contribution is 2.22. The van der Waals surface area contributed by atoms with Crippen molar-refractivity contribution in [1.29, 1.82) is 0 Å². The smallest absolute Gasteiger partial charge is 0.243 e. The van der Waals surface area contributed by atoms with Crippen LogP contribution in [-0.2, 0) is 19.6 Å². The molecule has 0 aliphatic carbocycles. The predicted octanol–water partition coefficient (Wildman–Crippen LogP) is 0.585. The molecule has 8 heteroatoms. The largest absolute Gasteiger partial charge is 0.378 e. The molecule has 0 aromatic heterocycles. The lowest BCUT2D eigenvalue weighted by atomic mass is 10.2. The van der Waals surface area contributed by atoms with Gasteiger partial charge in [0, 0.05) is 18.1 Å². The van der Waals surface area contributed by atoms with Crippen molar-refractivity contribution in [2.24, 2.45) is 0 Å². The molecule has 6 nitrogen and oxygen atoms in total. The number of amides is 1. The van der Waals surface area contributed by atoms with Crippen molar-refractivity contribution in [3.8, 4) is 0 Å². The van der Waals surface area contributed by atoms with Gasteiger partial charge in [-0.3, -0.25) is 4.79 Å². The average molecular weight is 363 g/mol. The Kier molecular flexibility index (Phi) is 4.79. The van der Waals surface area contributed by atoms with Gasteiger partial charge >= 0.3 is 0 Å². The van der Waals surface area contributed by atoms with Gasteiger partial charge in [-0.15, -0.1) is 0 Å². The second kappa shape index (κ2) is 6.21. The Hall–Kier alpha value is -0.960. The number of benzene rings is 1. The van der Waals surface area contributed by atoms with Crippen LogP contribution in [0.15, 0.2) is 33.6 Å². The highest BCUT2D eigenvalue weighted by Gasteiger charge is 2.37. The lowest BCUT2D eigenvalue weighted by Gasteiger charge is -2.33. The third-order valence-corrected chi connectivity index (χ3v) is 5.50. The molecule has 1 heterocycles. The summed E-state index contributed by atoms with van der Waals surface area (Å²) in [5.74, 6) is -0.370. The minimum absolute atomic E-state index is 0.0649. The summed E-state index contributed by atoms with van der Waals surface area (Å²) in [7, 11) is -2.24. The molecule has 1 aliphatic heterocycles. The van der Waals surface area contributed by atoms with Crippen LogP contribution >= 0.6 is 15.9 Å². The minimum atomic E-state index is -3.71. The number of carbonyl (C=O) groups excluding carboxylic acids is 1. The number of halogens is 1. The Balaban J connectivity index is 2.35. The van der Waals surface area contributed by atoms with Crippen LogP contribution in [0.2, 0.25) is 0 Å². The van der Waals surface area contributed by atoms with Crippen molar-refractivity contribution in [3.63, 3.8) is 0 Å². The summed E-state index contributed by atoms with van der Waals surface area (Å²) in [4.78, 5) is 12.0. The van der Waals surface area contributed by atoms with Gasteiger partial charge in [-0.05, 0) is 24.3 Å². The quantitative estimate of drug-likeness (QED) is 0.853. The lowest BCUT2D eigenvalue weighted by molar-refractivity contribution is -0.128. The number of nitrogens with zero attached hydrogens (tertiary/aromatic N) is 1. The molecule has 0 bridgehead atoms. The number of likely N-dealkylation sites (N-methyl/N-ethyl adjacent to an activating group) is 1. The molecule has 2 rings (SSSR count). The van der Waals surface area contributed by atoms with Gasteiger partial charge in [-0.25, -0.2) is 8.42 Å². The third kappa shape index (κ3) is 3.03. The molecule has 110 valence electrons. The number of hydrogen-bond donors (Lipinski definition) is 1. The van der Waals surface area contributed by atoms with Crippen molar-refractivity contribution in [1.82, 2.24) is 9.62 Å². The highest BCUT2D eigenvalue weighted by atomic mass is 79.9. The molecule has 1 aromatic carbocycles. The molecule has 1 N–H and O–H groups in total. The molecule has 1 saturated heterocycles. The number of morpholine rings is 1. The molecule has 1 aliphatic rings. The van der Waals surface area contributed by atoms with Gasteiger partial charge in [0.05, 0.1) is 18.1 Å². The van der Waals surface area contributed by atoms with Gasteiger partial charge in [-0.1, -0.05) is 15.9 Å². The number of ether oxygens (including phenoxy) is 1. The van der Waals surface area contributed by atoms with Crippen LogP contribution < -0.4 is 5.32 Å². The van der Waals surface area contributed by atoms with E-state index in [1.165, 1.54) is 23.5 Å². The number of nitrogens with one attached hydrogen (secondary N) is 1. The summed E-state index contributed by atoms with van der Waals surface area (Å²) in [6, 6.07) is 5.50. The second-order valence-electron chi connectivity index (χ2n) is 4.27. The van der Waals surface area contributed by atoms with Gasteiger partial charge < -0.3 is 10.1 Å².